The summed E-state index contributed by atoms with van der Waals surface area (Å²) in [6.45, 7) is 0.351. The van der Waals surface area contributed by atoms with Gasteiger partial charge in [-0.3, -0.25) is 4.79 Å². The highest BCUT2D eigenvalue weighted by Crippen LogP contribution is 2.28. The number of halogens is 1. The van der Waals surface area contributed by atoms with Gasteiger partial charge in [-0.1, -0.05) is 30.3 Å². The smallest absolute Gasteiger partial charge is 0.274 e. The van der Waals surface area contributed by atoms with Crippen molar-refractivity contribution in [2.75, 3.05) is 7.05 Å². The predicted molar refractivity (Wildman–Crippen MR) is 97.8 cm³/mol. The summed E-state index contributed by atoms with van der Waals surface area (Å²) in [5.41, 5.74) is 4.42. The van der Waals surface area contributed by atoms with Crippen LogP contribution >= 0.6 is 0 Å². The molecule has 0 fully saturated rings. The van der Waals surface area contributed by atoms with Crippen LogP contribution in [0.3, 0.4) is 0 Å². The Labute approximate surface area is 151 Å². The molecule has 1 aliphatic carbocycles. The lowest BCUT2D eigenvalue weighted by atomic mass is 10.1. The SMILES string of the molecule is CN(Cc1cccc(F)c1)C(=O)c1nn(-c2ccccc2)c2c1CCC2. The second-order valence-electron chi connectivity index (χ2n) is 6.67. The second-order valence-corrected chi connectivity index (χ2v) is 6.67. The van der Waals surface area contributed by atoms with Crippen LogP contribution in [0.5, 0.6) is 0 Å². The lowest BCUT2D eigenvalue weighted by Crippen LogP contribution is -2.27. The number of aromatic nitrogens is 2. The highest BCUT2D eigenvalue weighted by molar-refractivity contribution is 5.94. The molecule has 26 heavy (non-hydrogen) atoms. The number of benzene rings is 2. The standard InChI is InChI=1S/C21H20FN3O/c1-24(14-15-7-5-8-16(22)13-15)21(26)20-18-11-6-12-19(18)25(23-20)17-9-3-2-4-10-17/h2-5,7-10,13H,6,11-12,14H2,1H3. The van der Waals surface area contributed by atoms with Gasteiger partial charge in [-0.05, 0) is 49.1 Å². The van der Waals surface area contributed by atoms with Crippen LogP contribution in [0, 0.1) is 5.82 Å². The highest BCUT2D eigenvalue weighted by atomic mass is 19.1. The molecule has 2 aromatic carbocycles. The predicted octanol–water partition coefficient (Wildman–Crippen LogP) is 3.77. The molecule has 1 aliphatic rings. The van der Waals surface area contributed by atoms with Gasteiger partial charge in [0.15, 0.2) is 5.69 Å². The summed E-state index contributed by atoms with van der Waals surface area (Å²) in [4.78, 5) is 14.6. The number of carbonyl (C=O) groups is 1. The van der Waals surface area contributed by atoms with Crippen LogP contribution in [-0.4, -0.2) is 27.6 Å². The van der Waals surface area contributed by atoms with Gasteiger partial charge in [0.25, 0.3) is 5.91 Å². The largest absolute Gasteiger partial charge is 0.336 e. The molecule has 1 amide bonds. The highest BCUT2D eigenvalue weighted by Gasteiger charge is 2.28. The van der Waals surface area contributed by atoms with E-state index >= 15 is 0 Å². The zero-order valence-electron chi connectivity index (χ0n) is 14.7. The Balaban J connectivity index is 1.64. The zero-order chi connectivity index (χ0) is 18.1. The first-order valence-corrected chi connectivity index (χ1v) is 8.79. The van der Waals surface area contributed by atoms with Gasteiger partial charge in [0.1, 0.15) is 5.82 Å². The third-order valence-electron chi connectivity index (χ3n) is 4.79. The van der Waals surface area contributed by atoms with E-state index < -0.39 is 0 Å². The molecular formula is C21H20FN3O. The maximum Gasteiger partial charge on any atom is 0.274 e. The molecule has 0 bridgehead atoms. The number of amides is 1. The number of hydrogen-bond donors (Lipinski definition) is 0. The van der Waals surface area contributed by atoms with Crippen molar-refractivity contribution in [3.8, 4) is 5.69 Å². The number of rotatable bonds is 4. The van der Waals surface area contributed by atoms with Gasteiger partial charge in [0.05, 0.1) is 5.69 Å². The van der Waals surface area contributed by atoms with E-state index in [2.05, 4.69) is 5.10 Å². The van der Waals surface area contributed by atoms with Gasteiger partial charge in [-0.25, -0.2) is 9.07 Å². The Hall–Kier alpha value is -2.95. The minimum absolute atomic E-state index is 0.123. The summed E-state index contributed by atoms with van der Waals surface area (Å²) in [6, 6.07) is 16.2. The van der Waals surface area contributed by atoms with E-state index in [0.717, 1.165) is 41.8 Å². The fourth-order valence-corrected chi connectivity index (χ4v) is 3.55. The number of carbonyl (C=O) groups excluding carboxylic acids is 1. The van der Waals surface area contributed by atoms with Crippen LogP contribution in [-0.2, 0) is 19.4 Å². The fraction of sp³-hybridized carbons (Fsp3) is 0.238. The van der Waals surface area contributed by atoms with Crippen molar-refractivity contribution >= 4 is 5.91 Å². The molecule has 3 aromatic rings. The molecule has 0 N–H and O–H groups in total. The Morgan fingerprint density at radius 3 is 2.73 bits per heavy atom. The van der Waals surface area contributed by atoms with Crippen molar-refractivity contribution in [1.29, 1.82) is 0 Å². The van der Waals surface area contributed by atoms with E-state index in [1.165, 1.54) is 12.1 Å². The molecule has 0 unspecified atom stereocenters. The molecular weight excluding hydrogens is 329 g/mol. The third kappa shape index (κ3) is 3.01. The minimum atomic E-state index is -0.294. The molecule has 0 saturated carbocycles. The Morgan fingerprint density at radius 1 is 1.15 bits per heavy atom. The third-order valence-corrected chi connectivity index (χ3v) is 4.79. The van der Waals surface area contributed by atoms with E-state index in [0.29, 0.717) is 12.2 Å². The first-order valence-electron chi connectivity index (χ1n) is 8.79. The molecule has 0 spiro atoms. The van der Waals surface area contributed by atoms with Crippen molar-refractivity contribution in [3.63, 3.8) is 0 Å². The van der Waals surface area contributed by atoms with E-state index in [1.807, 2.05) is 41.1 Å². The molecule has 4 nitrogen and oxygen atoms in total. The molecule has 1 aromatic heterocycles. The lowest BCUT2D eigenvalue weighted by molar-refractivity contribution is 0.0777. The van der Waals surface area contributed by atoms with Crippen LogP contribution < -0.4 is 0 Å². The second kappa shape index (κ2) is 6.75. The maximum atomic E-state index is 13.4. The normalized spacial score (nSPS) is 12.8. The molecule has 0 aliphatic heterocycles. The number of fused-ring (bicyclic) bond motifs is 1. The Kier molecular flexibility index (Phi) is 4.29. The van der Waals surface area contributed by atoms with Crippen LogP contribution in [0.15, 0.2) is 54.6 Å². The van der Waals surface area contributed by atoms with Crippen molar-refractivity contribution in [1.82, 2.24) is 14.7 Å². The Morgan fingerprint density at radius 2 is 1.96 bits per heavy atom. The molecule has 0 radical (unpaired) electrons. The molecule has 0 saturated heterocycles. The lowest BCUT2D eigenvalue weighted by Gasteiger charge is -2.16. The maximum absolute atomic E-state index is 13.4. The van der Waals surface area contributed by atoms with Gasteiger partial charge in [0, 0.05) is 24.8 Å². The van der Waals surface area contributed by atoms with Crippen molar-refractivity contribution in [2.24, 2.45) is 0 Å². The summed E-state index contributed by atoms with van der Waals surface area (Å²) >= 11 is 0. The van der Waals surface area contributed by atoms with Crippen molar-refractivity contribution in [2.45, 2.75) is 25.8 Å². The molecule has 1 heterocycles. The minimum Gasteiger partial charge on any atom is -0.336 e. The summed E-state index contributed by atoms with van der Waals surface area (Å²) < 4.78 is 15.3. The number of para-hydroxylation sites is 1. The molecule has 0 atom stereocenters. The van der Waals surface area contributed by atoms with Crippen molar-refractivity contribution in [3.05, 3.63) is 82.9 Å². The van der Waals surface area contributed by atoms with Crippen LogP contribution in [0.2, 0.25) is 0 Å². The van der Waals surface area contributed by atoms with Crippen LogP contribution in [0.1, 0.15) is 33.7 Å². The van der Waals surface area contributed by atoms with Gasteiger partial charge in [-0.15, -0.1) is 0 Å². The topological polar surface area (TPSA) is 38.1 Å². The van der Waals surface area contributed by atoms with Gasteiger partial charge < -0.3 is 4.90 Å². The zero-order valence-corrected chi connectivity index (χ0v) is 14.7. The fourth-order valence-electron chi connectivity index (χ4n) is 3.55. The average molecular weight is 349 g/mol. The van der Waals surface area contributed by atoms with Gasteiger partial charge in [-0.2, -0.15) is 5.10 Å². The van der Waals surface area contributed by atoms with E-state index in [9.17, 15) is 9.18 Å². The molecule has 5 heteroatoms. The molecule has 4 rings (SSSR count). The summed E-state index contributed by atoms with van der Waals surface area (Å²) in [6.07, 6.45) is 2.84. The molecule has 132 valence electrons. The summed E-state index contributed by atoms with van der Waals surface area (Å²) in [7, 11) is 1.73. The van der Waals surface area contributed by atoms with Gasteiger partial charge in [0.2, 0.25) is 0 Å². The summed E-state index contributed by atoms with van der Waals surface area (Å²) in [5.74, 6) is -0.417. The van der Waals surface area contributed by atoms with Gasteiger partial charge >= 0.3 is 0 Å². The van der Waals surface area contributed by atoms with E-state index in [-0.39, 0.29) is 11.7 Å². The Bertz CT molecular complexity index is 949. The first-order chi connectivity index (χ1) is 12.6. The number of hydrogen-bond acceptors (Lipinski definition) is 2. The average Bonchev–Trinajstić information content (AvgIpc) is 3.24. The quantitative estimate of drug-likeness (QED) is 0.719. The number of nitrogens with zero attached hydrogens (tertiary/aromatic N) is 3. The monoisotopic (exact) mass is 349 g/mol. The summed E-state index contributed by atoms with van der Waals surface area (Å²) in [5, 5.41) is 4.63. The van der Waals surface area contributed by atoms with Crippen molar-refractivity contribution < 1.29 is 9.18 Å². The van der Waals surface area contributed by atoms with E-state index in [4.69, 9.17) is 0 Å². The van der Waals surface area contributed by atoms with Crippen LogP contribution in [0.4, 0.5) is 4.39 Å². The van der Waals surface area contributed by atoms with Crippen LogP contribution in [0.25, 0.3) is 5.69 Å². The van der Waals surface area contributed by atoms with E-state index in [1.54, 1.807) is 18.0 Å². The first kappa shape index (κ1) is 16.5.